The lowest BCUT2D eigenvalue weighted by Gasteiger charge is -2.53. The molecule has 2 aromatic carbocycles. The lowest BCUT2D eigenvalue weighted by Crippen LogP contribution is -2.72. The third-order valence-corrected chi connectivity index (χ3v) is 7.81. The number of carbonyl (C=O) groups excluding carboxylic acids is 2. The van der Waals surface area contributed by atoms with Crippen LogP contribution < -0.4 is 0 Å². The molecule has 4 atom stereocenters. The number of benzene rings is 2. The normalized spacial score (nSPS) is 22.7. The number of likely N-dealkylation sites (tertiary alicyclic amines) is 1. The second kappa shape index (κ2) is 9.07. The largest absolute Gasteiger partial charge is 0.469 e. The smallest absolute Gasteiger partial charge is 0.411 e. The second-order valence-electron chi connectivity index (χ2n) is 8.81. The van der Waals surface area contributed by atoms with Gasteiger partial charge >= 0.3 is 6.09 Å². The number of nitrogens with zero attached hydrogens (tertiary/aromatic N) is 2. The maximum absolute atomic E-state index is 13.8. The van der Waals surface area contributed by atoms with Crippen molar-refractivity contribution in [2.45, 2.75) is 30.6 Å². The van der Waals surface area contributed by atoms with Gasteiger partial charge in [0.15, 0.2) is 0 Å². The molecule has 4 aromatic rings. The fourth-order valence-corrected chi connectivity index (χ4v) is 6.12. The summed E-state index contributed by atoms with van der Waals surface area (Å²) in [5.41, 5.74) is 1.99. The van der Waals surface area contributed by atoms with Crippen LogP contribution in [0.4, 0.5) is 4.79 Å². The number of furan rings is 1. The summed E-state index contributed by atoms with van der Waals surface area (Å²) in [6.07, 6.45) is 1.20. The van der Waals surface area contributed by atoms with Gasteiger partial charge < -0.3 is 14.1 Å². The van der Waals surface area contributed by atoms with Crippen LogP contribution in [-0.2, 0) is 16.1 Å². The fraction of sp³-hybridized carbons (Fsp3) is 0.214. The van der Waals surface area contributed by atoms with E-state index in [1.807, 2.05) is 89.1 Å². The first-order chi connectivity index (χ1) is 17.2. The standard InChI is InChI=1S/C28H24N2O4S/c31-27-26(30-21(18-34-28(30)32)20-11-5-2-6-12-20)25(29(27)17-19-9-3-1-4-10-19)24(22-13-7-15-33-22)23-14-8-16-35-23/h1-16,21,24-26H,17-18H2/t21-,24?,25-,26-/m1/s1. The molecule has 4 heterocycles. The minimum absolute atomic E-state index is 0.0771. The van der Waals surface area contributed by atoms with Crippen molar-refractivity contribution in [2.24, 2.45) is 0 Å². The topological polar surface area (TPSA) is 63.0 Å². The Morgan fingerprint density at radius 2 is 1.69 bits per heavy atom. The zero-order valence-electron chi connectivity index (χ0n) is 18.9. The van der Waals surface area contributed by atoms with Gasteiger partial charge in [-0.05, 0) is 34.7 Å². The van der Waals surface area contributed by atoms with Crippen LogP contribution in [0.3, 0.4) is 0 Å². The van der Waals surface area contributed by atoms with Crippen molar-refractivity contribution in [1.29, 1.82) is 0 Å². The Morgan fingerprint density at radius 3 is 2.37 bits per heavy atom. The number of rotatable bonds is 7. The Labute approximate surface area is 207 Å². The van der Waals surface area contributed by atoms with Crippen molar-refractivity contribution in [3.63, 3.8) is 0 Å². The summed E-state index contributed by atoms with van der Waals surface area (Å²) in [6, 6.07) is 26.3. The zero-order chi connectivity index (χ0) is 23.8. The van der Waals surface area contributed by atoms with E-state index in [9.17, 15) is 9.59 Å². The number of thiophene rings is 1. The van der Waals surface area contributed by atoms with Crippen LogP contribution >= 0.6 is 11.3 Å². The number of cyclic esters (lactones) is 1. The maximum atomic E-state index is 13.8. The Morgan fingerprint density at radius 1 is 0.914 bits per heavy atom. The van der Waals surface area contributed by atoms with Gasteiger partial charge in [0, 0.05) is 11.4 Å². The van der Waals surface area contributed by atoms with Gasteiger partial charge in [-0.25, -0.2) is 4.79 Å². The van der Waals surface area contributed by atoms with Crippen LogP contribution in [0, 0.1) is 0 Å². The van der Waals surface area contributed by atoms with E-state index < -0.39 is 12.1 Å². The van der Waals surface area contributed by atoms with Crippen LogP contribution in [0.2, 0.25) is 0 Å². The summed E-state index contributed by atoms with van der Waals surface area (Å²) in [7, 11) is 0. The SMILES string of the molecule is O=C1[C@H](N2C(=O)OC[C@@H]2c2ccccc2)[C@@H](C(c2ccco2)c2cccs2)N1Cc1ccccc1. The molecule has 2 aromatic heterocycles. The van der Waals surface area contributed by atoms with Gasteiger partial charge in [0.25, 0.3) is 0 Å². The second-order valence-corrected chi connectivity index (χ2v) is 9.79. The molecular weight excluding hydrogens is 460 g/mol. The van der Waals surface area contributed by atoms with Crippen molar-refractivity contribution < 1.29 is 18.7 Å². The number of hydrogen-bond donors (Lipinski definition) is 0. The lowest BCUT2D eigenvalue weighted by atomic mass is 9.79. The summed E-state index contributed by atoms with van der Waals surface area (Å²) in [5, 5.41) is 2.03. The molecule has 0 aliphatic carbocycles. The third-order valence-electron chi connectivity index (χ3n) is 6.85. The first-order valence-corrected chi connectivity index (χ1v) is 12.5. The molecule has 176 valence electrons. The zero-order valence-corrected chi connectivity index (χ0v) is 19.7. The molecule has 2 aliphatic heterocycles. The van der Waals surface area contributed by atoms with Gasteiger partial charge in [-0.3, -0.25) is 9.69 Å². The van der Waals surface area contributed by atoms with Gasteiger partial charge in [0.2, 0.25) is 5.91 Å². The molecule has 2 fully saturated rings. The molecule has 2 amide bonds. The predicted molar refractivity (Wildman–Crippen MR) is 132 cm³/mol. The van der Waals surface area contributed by atoms with E-state index in [2.05, 4.69) is 6.07 Å². The van der Waals surface area contributed by atoms with E-state index in [0.29, 0.717) is 6.54 Å². The number of carbonyl (C=O) groups is 2. The summed E-state index contributed by atoms with van der Waals surface area (Å²) >= 11 is 1.63. The van der Waals surface area contributed by atoms with E-state index >= 15 is 0 Å². The molecule has 1 unspecified atom stereocenters. The average molecular weight is 485 g/mol. The number of hydrogen-bond acceptors (Lipinski definition) is 5. The first kappa shape index (κ1) is 21.7. The molecule has 0 saturated carbocycles. The van der Waals surface area contributed by atoms with E-state index in [-0.39, 0.29) is 30.5 Å². The van der Waals surface area contributed by atoms with Crippen LogP contribution in [0.15, 0.2) is 101 Å². The van der Waals surface area contributed by atoms with Crippen LogP contribution in [0.5, 0.6) is 0 Å². The molecule has 2 saturated heterocycles. The lowest BCUT2D eigenvalue weighted by molar-refractivity contribution is -0.160. The minimum atomic E-state index is -0.656. The van der Waals surface area contributed by atoms with E-state index in [0.717, 1.165) is 21.8 Å². The monoisotopic (exact) mass is 484 g/mol. The molecule has 0 radical (unpaired) electrons. The van der Waals surface area contributed by atoms with Crippen LogP contribution in [-0.4, -0.2) is 40.5 Å². The Hall–Kier alpha value is -3.84. The van der Waals surface area contributed by atoms with Crippen molar-refractivity contribution in [3.8, 4) is 0 Å². The number of ether oxygens (including phenoxy) is 1. The highest BCUT2D eigenvalue weighted by Gasteiger charge is 2.59. The molecule has 0 N–H and O–H groups in total. The van der Waals surface area contributed by atoms with Gasteiger partial charge in [-0.2, -0.15) is 0 Å². The number of amides is 2. The molecule has 6 nitrogen and oxygen atoms in total. The highest BCUT2D eigenvalue weighted by atomic mass is 32.1. The predicted octanol–water partition coefficient (Wildman–Crippen LogP) is 5.45. The van der Waals surface area contributed by atoms with Crippen molar-refractivity contribution >= 4 is 23.3 Å². The van der Waals surface area contributed by atoms with Crippen molar-refractivity contribution in [2.75, 3.05) is 6.61 Å². The first-order valence-electron chi connectivity index (χ1n) is 11.6. The molecule has 2 aliphatic rings. The Balaban J connectivity index is 1.43. The molecular formula is C28H24N2O4S. The summed E-state index contributed by atoms with van der Waals surface area (Å²) < 4.78 is 11.4. The summed E-state index contributed by atoms with van der Waals surface area (Å²) in [6.45, 7) is 0.685. The van der Waals surface area contributed by atoms with Crippen molar-refractivity contribution in [1.82, 2.24) is 9.80 Å². The molecule has 6 rings (SSSR count). The summed E-state index contributed by atoms with van der Waals surface area (Å²) in [5.74, 6) is 0.491. The van der Waals surface area contributed by atoms with Crippen molar-refractivity contribution in [3.05, 3.63) is 118 Å². The molecule has 7 heteroatoms. The highest BCUT2D eigenvalue weighted by Crippen LogP contribution is 2.45. The fourth-order valence-electron chi connectivity index (χ4n) is 5.25. The quantitative estimate of drug-likeness (QED) is 0.328. The van der Waals surface area contributed by atoms with Gasteiger partial charge in [0.05, 0.1) is 24.3 Å². The van der Waals surface area contributed by atoms with Gasteiger partial charge in [-0.15, -0.1) is 11.3 Å². The van der Waals surface area contributed by atoms with E-state index in [1.54, 1.807) is 22.5 Å². The van der Waals surface area contributed by atoms with Crippen LogP contribution in [0.25, 0.3) is 0 Å². The molecule has 35 heavy (non-hydrogen) atoms. The number of β-lactam (4-membered cyclic amide) rings is 1. The van der Waals surface area contributed by atoms with Gasteiger partial charge in [-0.1, -0.05) is 66.7 Å². The van der Waals surface area contributed by atoms with Gasteiger partial charge in [0.1, 0.15) is 18.4 Å². The average Bonchev–Trinajstić information content (AvgIpc) is 3.68. The van der Waals surface area contributed by atoms with E-state index in [4.69, 9.17) is 9.15 Å². The third kappa shape index (κ3) is 3.82. The maximum Gasteiger partial charge on any atom is 0.411 e. The summed E-state index contributed by atoms with van der Waals surface area (Å²) in [4.78, 5) is 31.4. The minimum Gasteiger partial charge on any atom is -0.469 e. The highest BCUT2D eigenvalue weighted by molar-refractivity contribution is 7.10. The molecule has 0 bridgehead atoms. The van der Waals surface area contributed by atoms with Crippen LogP contribution in [0.1, 0.15) is 33.7 Å². The molecule has 0 spiro atoms. The Kier molecular flexibility index (Phi) is 5.62. The Bertz CT molecular complexity index is 1260. The van der Waals surface area contributed by atoms with E-state index in [1.165, 1.54) is 0 Å².